The highest BCUT2D eigenvalue weighted by atomic mass is 32.1. The van der Waals surface area contributed by atoms with Gasteiger partial charge < -0.3 is 10.4 Å². The summed E-state index contributed by atoms with van der Waals surface area (Å²) >= 11 is 1.79. The van der Waals surface area contributed by atoms with Gasteiger partial charge in [0.2, 0.25) is 0 Å². The Kier molecular flexibility index (Phi) is 4.18. The molecule has 0 saturated carbocycles. The van der Waals surface area contributed by atoms with Gasteiger partial charge in [-0.25, -0.2) is 0 Å². The third-order valence-electron chi connectivity index (χ3n) is 2.77. The summed E-state index contributed by atoms with van der Waals surface area (Å²) in [7, 11) is 0. The molecule has 0 saturated heterocycles. The lowest BCUT2D eigenvalue weighted by Crippen LogP contribution is -2.21. The van der Waals surface area contributed by atoms with E-state index in [-0.39, 0.29) is 6.04 Å². The van der Waals surface area contributed by atoms with Crippen LogP contribution in [0.3, 0.4) is 0 Å². The number of thiophene rings is 1. The van der Waals surface area contributed by atoms with Crippen LogP contribution >= 0.6 is 11.3 Å². The van der Waals surface area contributed by atoms with Gasteiger partial charge in [0.1, 0.15) is 5.75 Å². The molecule has 1 heterocycles. The molecule has 0 bridgehead atoms. The molecular formula is C14H17NOS. The third-order valence-corrected chi connectivity index (χ3v) is 3.71. The van der Waals surface area contributed by atoms with Crippen molar-refractivity contribution >= 4 is 11.3 Å². The summed E-state index contributed by atoms with van der Waals surface area (Å²) in [6, 6.07) is 11.9. The minimum atomic E-state index is 0.266. The lowest BCUT2D eigenvalue weighted by Gasteiger charge is -2.14. The van der Waals surface area contributed by atoms with Crippen LogP contribution in [0.25, 0.3) is 0 Å². The molecule has 2 nitrogen and oxygen atoms in total. The Morgan fingerprint density at radius 3 is 2.88 bits per heavy atom. The van der Waals surface area contributed by atoms with Crippen molar-refractivity contribution in [2.75, 3.05) is 6.54 Å². The molecule has 1 aromatic heterocycles. The normalized spacial score (nSPS) is 12.5. The Bertz CT molecular complexity index is 453. The van der Waals surface area contributed by atoms with Gasteiger partial charge in [-0.1, -0.05) is 18.2 Å². The van der Waals surface area contributed by atoms with Gasteiger partial charge in [-0.05, 0) is 42.5 Å². The van der Waals surface area contributed by atoms with Crippen molar-refractivity contribution < 1.29 is 5.11 Å². The van der Waals surface area contributed by atoms with E-state index < -0.39 is 0 Å². The number of hydrogen-bond acceptors (Lipinski definition) is 3. The molecule has 2 aromatic rings. The predicted octanol–water partition coefficient (Wildman–Crippen LogP) is 3.35. The SMILES string of the molecule is CC(NCCc1cccs1)c1cccc(O)c1. The first-order valence-electron chi connectivity index (χ1n) is 5.80. The molecule has 0 amide bonds. The zero-order chi connectivity index (χ0) is 12.1. The molecule has 1 aromatic carbocycles. The van der Waals surface area contributed by atoms with Crippen molar-refractivity contribution in [3.05, 3.63) is 52.2 Å². The molecule has 17 heavy (non-hydrogen) atoms. The fourth-order valence-electron chi connectivity index (χ4n) is 1.78. The van der Waals surface area contributed by atoms with Crippen LogP contribution in [0.1, 0.15) is 23.4 Å². The number of benzene rings is 1. The Morgan fingerprint density at radius 2 is 2.18 bits per heavy atom. The van der Waals surface area contributed by atoms with E-state index in [4.69, 9.17) is 0 Å². The fraction of sp³-hybridized carbons (Fsp3) is 0.286. The number of aromatic hydroxyl groups is 1. The summed E-state index contributed by atoms with van der Waals surface area (Å²) in [6.45, 7) is 3.07. The van der Waals surface area contributed by atoms with Crippen LogP contribution in [0.2, 0.25) is 0 Å². The van der Waals surface area contributed by atoms with Crippen LogP contribution in [-0.2, 0) is 6.42 Å². The number of hydrogen-bond donors (Lipinski definition) is 2. The van der Waals surface area contributed by atoms with E-state index in [2.05, 4.69) is 29.8 Å². The first-order valence-corrected chi connectivity index (χ1v) is 6.68. The lowest BCUT2D eigenvalue weighted by atomic mass is 10.1. The quantitative estimate of drug-likeness (QED) is 0.849. The van der Waals surface area contributed by atoms with Crippen molar-refractivity contribution in [3.63, 3.8) is 0 Å². The van der Waals surface area contributed by atoms with Crippen molar-refractivity contribution in [1.29, 1.82) is 0 Å². The van der Waals surface area contributed by atoms with E-state index in [0.717, 1.165) is 18.5 Å². The molecule has 1 atom stereocenters. The first kappa shape index (κ1) is 12.1. The standard InChI is InChI=1S/C14H17NOS/c1-11(12-4-2-5-13(16)10-12)15-8-7-14-6-3-9-17-14/h2-6,9-11,15-16H,7-8H2,1H3. The van der Waals surface area contributed by atoms with Crippen molar-refractivity contribution in [2.24, 2.45) is 0 Å². The molecule has 90 valence electrons. The number of phenols is 1. The highest BCUT2D eigenvalue weighted by Gasteiger charge is 2.05. The highest BCUT2D eigenvalue weighted by molar-refractivity contribution is 7.09. The molecule has 0 spiro atoms. The molecule has 2 N–H and O–H groups in total. The largest absolute Gasteiger partial charge is 0.508 e. The van der Waals surface area contributed by atoms with Crippen LogP contribution in [0.15, 0.2) is 41.8 Å². The van der Waals surface area contributed by atoms with Gasteiger partial charge in [0.05, 0.1) is 0 Å². The average Bonchev–Trinajstić information content (AvgIpc) is 2.82. The monoisotopic (exact) mass is 247 g/mol. The van der Waals surface area contributed by atoms with E-state index in [1.165, 1.54) is 4.88 Å². The molecular weight excluding hydrogens is 230 g/mol. The summed E-state index contributed by atoms with van der Waals surface area (Å²) < 4.78 is 0. The average molecular weight is 247 g/mol. The second-order valence-electron chi connectivity index (χ2n) is 4.10. The van der Waals surface area contributed by atoms with Gasteiger partial charge in [-0.2, -0.15) is 0 Å². The number of rotatable bonds is 5. The van der Waals surface area contributed by atoms with E-state index in [9.17, 15) is 5.11 Å². The maximum Gasteiger partial charge on any atom is 0.115 e. The molecule has 0 fully saturated rings. The predicted molar refractivity (Wildman–Crippen MR) is 72.5 cm³/mol. The Balaban J connectivity index is 1.83. The van der Waals surface area contributed by atoms with E-state index in [0.29, 0.717) is 5.75 Å². The second kappa shape index (κ2) is 5.84. The van der Waals surface area contributed by atoms with E-state index in [1.807, 2.05) is 18.2 Å². The first-order chi connectivity index (χ1) is 8.25. The maximum absolute atomic E-state index is 9.41. The Morgan fingerprint density at radius 1 is 1.29 bits per heavy atom. The minimum absolute atomic E-state index is 0.266. The smallest absolute Gasteiger partial charge is 0.115 e. The zero-order valence-corrected chi connectivity index (χ0v) is 10.7. The maximum atomic E-state index is 9.41. The van der Waals surface area contributed by atoms with Gasteiger partial charge in [-0.15, -0.1) is 11.3 Å². The van der Waals surface area contributed by atoms with Crippen molar-refractivity contribution in [1.82, 2.24) is 5.32 Å². The van der Waals surface area contributed by atoms with Crippen LogP contribution in [0, 0.1) is 0 Å². The van der Waals surface area contributed by atoms with Crippen LogP contribution < -0.4 is 5.32 Å². The Hall–Kier alpha value is -1.32. The van der Waals surface area contributed by atoms with Crippen LogP contribution in [-0.4, -0.2) is 11.7 Å². The number of phenolic OH excluding ortho intramolecular Hbond substituents is 1. The Labute approximate surface area is 106 Å². The second-order valence-corrected chi connectivity index (χ2v) is 5.13. The van der Waals surface area contributed by atoms with Crippen molar-refractivity contribution in [3.8, 4) is 5.75 Å². The molecule has 1 unspecified atom stereocenters. The summed E-state index contributed by atoms with van der Waals surface area (Å²) in [6.07, 6.45) is 1.06. The van der Waals surface area contributed by atoms with Gasteiger partial charge in [0.25, 0.3) is 0 Å². The molecule has 2 rings (SSSR count). The minimum Gasteiger partial charge on any atom is -0.508 e. The van der Waals surface area contributed by atoms with Gasteiger partial charge in [0, 0.05) is 17.5 Å². The van der Waals surface area contributed by atoms with E-state index >= 15 is 0 Å². The summed E-state index contributed by atoms with van der Waals surface area (Å²) in [5.41, 5.74) is 1.12. The zero-order valence-electron chi connectivity index (χ0n) is 9.89. The molecule has 0 aliphatic heterocycles. The lowest BCUT2D eigenvalue weighted by molar-refractivity contribution is 0.472. The molecule has 0 radical (unpaired) electrons. The molecule has 0 aliphatic carbocycles. The topological polar surface area (TPSA) is 32.3 Å². The van der Waals surface area contributed by atoms with Crippen LogP contribution in [0.5, 0.6) is 5.75 Å². The third kappa shape index (κ3) is 3.58. The fourth-order valence-corrected chi connectivity index (χ4v) is 2.49. The van der Waals surface area contributed by atoms with Gasteiger partial charge in [-0.3, -0.25) is 0 Å². The molecule has 3 heteroatoms. The van der Waals surface area contributed by atoms with Crippen LogP contribution in [0.4, 0.5) is 0 Å². The summed E-state index contributed by atoms with van der Waals surface area (Å²) in [5, 5.41) is 15.0. The van der Waals surface area contributed by atoms with Gasteiger partial charge in [0.15, 0.2) is 0 Å². The van der Waals surface area contributed by atoms with Gasteiger partial charge >= 0.3 is 0 Å². The highest BCUT2D eigenvalue weighted by Crippen LogP contribution is 2.17. The van der Waals surface area contributed by atoms with Crippen molar-refractivity contribution in [2.45, 2.75) is 19.4 Å². The summed E-state index contributed by atoms with van der Waals surface area (Å²) in [5.74, 6) is 0.328. The summed E-state index contributed by atoms with van der Waals surface area (Å²) in [4.78, 5) is 1.40. The molecule has 0 aliphatic rings. The number of nitrogens with one attached hydrogen (secondary N) is 1. The van der Waals surface area contributed by atoms with E-state index in [1.54, 1.807) is 17.4 Å².